The third-order valence-electron chi connectivity index (χ3n) is 1.50. The van der Waals surface area contributed by atoms with Crippen LogP contribution < -0.4 is 0 Å². The van der Waals surface area contributed by atoms with Crippen LogP contribution in [-0.4, -0.2) is 21.0 Å². The summed E-state index contributed by atoms with van der Waals surface area (Å²) in [4.78, 5) is 16.6. The van der Waals surface area contributed by atoms with Gasteiger partial charge in [-0.15, -0.1) is 0 Å². The van der Waals surface area contributed by atoms with Crippen LogP contribution in [0.1, 0.15) is 16.1 Å². The third-order valence-corrected chi connectivity index (χ3v) is 1.50. The van der Waals surface area contributed by atoms with Gasteiger partial charge in [0.25, 0.3) is 0 Å². The van der Waals surface area contributed by atoms with Gasteiger partial charge in [-0.25, -0.2) is 9.78 Å². The highest BCUT2D eigenvalue weighted by Crippen LogP contribution is 2.07. The van der Waals surface area contributed by atoms with Crippen LogP contribution in [0.4, 0.5) is 0 Å². The molecule has 0 aliphatic heterocycles. The average molecular weight is 194 g/mol. The Balaban J connectivity index is 0.000000165. The number of hydrogen-bond acceptors (Lipinski definition) is 3. The summed E-state index contributed by atoms with van der Waals surface area (Å²) in [5.74, 6) is -0.497. The predicted molar refractivity (Wildman–Crippen MR) is 49.0 cm³/mol. The lowest BCUT2D eigenvalue weighted by Crippen LogP contribution is -1.94. The second kappa shape index (κ2) is 4.86. The zero-order chi connectivity index (χ0) is 10.4. The lowest BCUT2D eigenvalue weighted by molar-refractivity contribution is 0.0695. The number of nitrogens with zero attached hydrogens (tertiary/aromatic N) is 1. The fraction of sp³-hybridized carbons (Fsp3) is 0.111. The van der Waals surface area contributed by atoms with E-state index < -0.39 is 5.97 Å². The number of furan rings is 1. The summed E-state index contributed by atoms with van der Waals surface area (Å²) in [6.45, 7) is 1.61. The van der Waals surface area contributed by atoms with E-state index in [-0.39, 0.29) is 5.56 Å². The van der Waals surface area contributed by atoms with Crippen LogP contribution in [-0.2, 0) is 0 Å². The molecular formula is C9H10N2O3. The number of H-pyrrole nitrogens is 1. The molecule has 14 heavy (non-hydrogen) atoms. The zero-order valence-corrected chi connectivity index (χ0v) is 7.60. The van der Waals surface area contributed by atoms with Crippen molar-refractivity contribution < 1.29 is 14.3 Å². The van der Waals surface area contributed by atoms with Gasteiger partial charge < -0.3 is 14.5 Å². The molecule has 5 heteroatoms. The molecule has 0 spiro atoms. The van der Waals surface area contributed by atoms with Crippen LogP contribution in [0.3, 0.4) is 0 Å². The fourth-order valence-corrected chi connectivity index (χ4v) is 0.822. The van der Waals surface area contributed by atoms with Gasteiger partial charge in [-0.2, -0.15) is 0 Å². The summed E-state index contributed by atoms with van der Waals surface area (Å²) < 4.78 is 4.74. The molecular weight excluding hydrogens is 184 g/mol. The minimum absolute atomic E-state index is 0.231. The first-order valence-electron chi connectivity index (χ1n) is 3.92. The van der Waals surface area contributed by atoms with Crippen LogP contribution in [0.15, 0.2) is 35.5 Å². The van der Waals surface area contributed by atoms with E-state index in [0.717, 1.165) is 0 Å². The van der Waals surface area contributed by atoms with E-state index in [2.05, 4.69) is 9.97 Å². The van der Waals surface area contributed by atoms with E-state index in [1.165, 1.54) is 12.3 Å². The predicted octanol–water partition coefficient (Wildman–Crippen LogP) is 1.70. The molecule has 2 rings (SSSR count). The number of carbonyl (C=O) groups is 1. The van der Waals surface area contributed by atoms with Crippen molar-refractivity contribution in [3.8, 4) is 0 Å². The summed E-state index contributed by atoms with van der Waals surface area (Å²) in [5, 5.41) is 8.39. The molecule has 0 radical (unpaired) electrons. The highest BCUT2D eigenvalue weighted by molar-refractivity contribution is 5.88. The smallest absolute Gasteiger partial charge is 0.339 e. The summed E-state index contributed by atoms with van der Waals surface area (Å²) >= 11 is 0. The molecule has 74 valence electrons. The number of aromatic carboxylic acids is 1. The van der Waals surface area contributed by atoms with Crippen LogP contribution in [0, 0.1) is 6.92 Å². The van der Waals surface area contributed by atoms with Gasteiger partial charge in [0, 0.05) is 12.4 Å². The maximum atomic E-state index is 10.2. The first kappa shape index (κ1) is 10.0. The molecule has 0 amide bonds. The van der Waals surface area contributed by atoms with Gasteiger partial charge in [0.1, 0.15) is 11.3 Å². The number of nitrogens with one attached hydrogen (secondary N) is 1. The minimum Gasteiger partial charge on any atom is -0.478 e. The van der Waals surface area contributed by atoms with Gasteiger partial charge in [0.15, 0.2) is 0 Å². The first-order valence-corrected chi connectivity index (χ1v) is 3.92. The second-order valence-corrected chi connectivity index (χ2v) is 2.46. The van der Waals surface area contributed by atoms with E-state index in [0.29, 0.717) is 5.76 Å². The number of aromatic nitrogens is 2. The molecule has 0 unspecified atom stereocenters. The Morgan fingerprint density at radius 3 is 2.64 bits per heavy atom. The van der Waals surface area contributed by atoms with Crippen LogP contribution in [0.5, 0.6) is 0 Å². The number of imidazole rings is 1. The Morgan fingerprint density at radius 1 is 1.64 bits per heavy atom. The monoisotopic (exact) mass is 194 g/mol. The first-order chi connectivity index (χ1) is 6.72. The number of hydrogen-bond donors (Lipinski definition) is 2. The van der Waals surface area contributed by atoms with Crippen LogP contribution in [0.2, 0.25) is 0 Å². The van der Waals surface area contributed by atoms with Crippen molar-refractivity contribution in [1.29, 1.82) is 0 Å². The molecule has 0 atom stereocenters. The molecule has 2 aromatic rings. The second-order valence-electron chi connectivity index (χ2n) is 2.46. The highest BCUT2D eigenvalue weighted by Gasteiger charge is 2.07. The van der Waals surface area contributed by atoms with Gasteiger partial charge in [0.2, 0.25) is 0 Å². The third kappa shape index (κ3) is 2.78. The summed E-state index contributed by atoms with van der Waals surface area (Å²) in [5.41, 5.74) is 0.231. The molecule has 2 N–H and O–H groups in total. The zero-order valence-electron chi connectivity index (χ0n) is 7.60. The standard InChI is InChI=1S/C6H6O3.C3H4N2/c1-4-5(6(7)8)2-3-9-4;1-2-5-3-4-1/h2-3H,1H3,(H,7,8);1-3H,(H,4,5). The average Bonchev–Trinajstić information content (AvgIpc) is 2.74. The maximum absolute atomic E-state index is 10.2. The van der Waals surface area contributed by atoms with Gasteiger partial charge in [-0.1, -0.05) is 0 Å². The quantitative estimate of drug-likeness (QED) is 0.724. The summed E-state index contributed by atoms with van der Waals surface area (Å²) in [6.07, 6.45) is 6.44. The fourth-order valence-electron chi connectivity index (χ4n) is 0.822. The molecule has 0 aliphatic rings. The summed E-state index contributed by atoms with van der Waals surface area (Å²) in [7, 11) is 0. The maximum Gasteiger partial charge on any atom is 0.339 e. The van der Waals surface area contributed by atoms with Crippen molar-refractivity contribution in [3.63, 3.8) is 0 Å². The number of carboxylic acids is 1. The van der Waals surface area contributed by atoms with E-state index >= 15 is 0 Å². The Morgan fingerprint density at radius 2 is 2.43 bits per heavy atom. The number of aromatic amines is 1. The molecule has 0 fully saturated rings. The molecule has 0 saturated heterocycles. The van der Waals surface area contributed by atoms with E-state index in [1.807, 2.05) is 0 Å². The largest absolute Gasteiger partial charge is 0.478 e. The number of carboxylic acid groups (broad SMARTS) is 1. The van der Waals surface area contributed by atoms with Crippen molar-refractivity contribution in [1.82, 2.24) is 9.97 Å². The molecule has 0 saturated carbocycles. The molecule has 0 aromatic carbocycles. The van der Waals surface area contributed by atoms with Crippen molar-refractivity contribution in [3.05, 3.63) is 42.4 Å². The van der Waals surface area contributed by atoms with Crippen molar-refractivity contribution in [2.24, 2.45) is 0 Å². The lowest BCUT2D eigenvalue weighted by Gasteiger charge is -1.85. The molecule has 2 heterocycles. The molecule has 0 bridgehead atoms. The van der Waals surface area contributed by atoms with E-state index in [9.17, 15) is 4.79 Å². The van der Waals surface area contributed by atoms with E-state index in [4.69, 9.17) is 9.52 Å². The Labute approximate surface area is 80.4 Å². The number of rotatable bonds is 1. The van der Waals surface area contributed by atoms with E-state index in [1.54, 1.807) is 25.6 Å². The lowest BCUT2D eigenvalue weighted by atomic mass is 10.3. The Kier molecular flexibility index (Phi) is 3.49. The Hall–Kier alpha value is -2.04. The minimum atomic E-state index is -0.943. The Bertz CT molecular complexity index is 361. The van der Waals surface area contributed by atoms with Crippen LogP contribution in [0.25, 0.3) is 0 Å². The molecule has 0 aliphatic carbocycles. The van der Waals surface area contributed by atoms with Crippen molar-refractivity contribution in [2.75, 3.05) is 0 Å². The SMILES string of the molecule is Cc1occc1C(=O)O.c1c[nH]cn1. The van der Waals surface area contributed by atoms with Gasteiger partial charge in [-0.05, 0) is 13.0 Å². The number of aryl methyl sites for hydroxylation is 1. The normalized spacial score (nSPS) is 8.93. The van der Waals surface area contributed by atoms with Crippen LogP contribution >= 0.6 is 0 Å². The topological polar surface area (TPSA) is 79.1 Å². The molecule has 2 aromatic heterocycles. The molecule has 5 nitrogen and oxygen atoms in total. The highest BCUT2D eigenvalue weighted by atomic mass is 16.4. The van der Waals surface area contributed by atoms with Gasteiger partial charge in [-0.3, -0.25) is 0 Å². The summed E-state index contributed by atoms with van der Waals surface area (Å²) in [6, 6.07) is 1.43. The van der Waals surface area contributed by atoms with Gasteiger partial charge >= 0.3 is 5.97 Å². The van der Waals surface area contributed by atoms with Crippen molar-refractivity contribution >= 4 is 5.97 Å². The van der Waals surface area contributed by atoms with Gasteiger partial charge in [0.05, 0.1) is 12.6 Å². The van der Waals surface area contributed by atoms with Crippen molar-refractivity contribution in [2.45, 2.75) is 6.92 Å².